The van der Waals surface area contributed by atoms with Crippen molar-refractivity contribution in [3.8, 4) is 0 Å². The fourth-order valence-corrected chi connectivity index (χ4v) is 1.92. The first-order valence-electron chi connectivity index (χ1n) is 4.07. The monoisotopic (exact) mass is 175 g/mol. The van der Waals surface area contributed by atoms with Gasteiger partial charge in [-0.25, -0.2) is 0 Å². The maximum atomic E-state index is 10.8. The summed E-state index contributed by atoms with van der Waals surface area (Å²) in [5, 5.41) is -0.301. The van der Waals surface area contributed by atoms with Crippen LogP contribution in [0.25, 0.3) is 0 Å². The maximum absolute atomic E-state index is 10.8. The quantitative estimate of drug-likeness (QED) is 0.409. The zero-order valence-electron chi connectivity index (χ0n) is 7.01. The lowest BCUT2D eigenvalue weighted by atomic mass is 9.94. The molecular weight excluding hydrogens is 162 g/mol. The highest BCUT2D eigenvalue weighted by Crippen LogP contribution is 2.22. The van der Waals surface area contributed by atoms with Gasteiger partial charge < -0.3 is 4.90 Å². The number of piperidine rings is 1. The number of hydrogen-bond donors (Lipinski definition) is 0. The summed E-state index contributed by atoms with van der Waals surface area (Å²) in [6, 6.07) is 0.323. The summed E-state index contributed by atoms with van der Waals surface area (Å²) in [5.41, 5.74) is 0. The highest BCUT2D eigenvalue weighted by molar-refractivity contribution is 6.62. The third-order valence-corrected chi connectivity index (χ3v) is 2.58. The molecule has 0 radical (unpaired) electrons. The first-order chi connectivity index (χ1) is 5.11. The molecule has 2 atom stereocenters. The van der Waals surface area contributed by atoms with E-state index in [-0.39, 0.29) is 5.37 Å². The van der Waals surface area contributed by atoms with Crippen LogP contribution < -0.4 is 0 Å². The van der Waals surface area contributed by atoms with Gasteiger partial charge in [0.15, 0.2) is 0 Å². The molecule has 0 aromatic rings. The van der Waals surface area contributed by atoms with E-state index in [0.717, 1.165) is 25.3 Å². The largest absolute Gasteiger partial charge is 0.327 e. The Labute approximate surface area is 72.5 Å². The van der Waals surface area contributed by atoms with Crippen LogP contribution in [0, 0.1) is 5.92 Å². The molecule has 0 unspecified atom stereocenters. The third kappa shape index (κ3) is 2.09. The van der Waals surface area contributed by atoms with Crippen molar-refractivity contribution in [1.82, 2.24) is 4.90 Å². The summed E-state index contributed by atoms with van der Waals surface area (Å²) >= 11 is 5.39. The van der Waals surface area contributed by atoms with Gasteiger partial charge in [-0.2, -0.15) is 0 Å². The zero-order valence-corrected chi connectivity index (χ0v) is 7.77. The topological polar surface area (TPSA) is 20.3 Å². The predicted molar refractivity (Wildman–Crippen MR) is 45.8 cm³/mol. The summed E-state index contributed by atoms with van der Waals surface area (Å²) in [5.74, 6) is 0.734. The Morgan fingerprint density at radius 3 is 2.64 bits per heavy atom. The van der Waals surface area contributed by atoms with Gasteiger partial charge in [-0.15, -0.1) is 0 Å². The highest BCUT2D eigenvalue weighted by atomic mass is 35.5. The fraction of sp³-hybridized carbons (Fsp3) is 0.875. The molecule has 1 aliphatic rings. The summed E-state index contributed by atoms with van der Waals surface area (Å²) < 4.78 is 0. The van der Waals surface area contributed by atoms with E-state index in [1.807, 2.05) is 0 Å². The van der Waals surface area contributed by atoms with Crippen molar-refractivity contribution in [2.24, 2.45) is 5.92 Å². The minimum absolute atomic E-state index is 0.301. The van der Waals surface area contributed by atoms with Crippen LogP contribution >= 0.6 is 11.6 Å². The van der Waals surface area contributed by atoms with Crippen LogP contribution in [0.15, 0.2) is 0 Å². The Morgan fingerprint density at radius 2 is 2.18 bits per heavy atom. The van der Waals surface area contributed by atoms with Gasteiger partial charge in [-0.3, -0.25) is 4.79 Å². The van der Waals surface area contributed by atoms with E-state index in [4.69, 9.17) is 11.6 Å². The Bertz CT molecular complexity index is 160. The van der Waals surface area contributed by atoms with Crippen LogP contribution in [0.2, 0.25) is 0 Å². The first kappa shape index (κ1) is 8.85. The summed E-state index contributed by atoms with van der Waals surface area (Å²) in [6.45, 7) is 5.09. The minimum atomic E-state index is -0.301. The number of carbonyl (C=O) groups is 1. The Kier molecular flexibility index (Phi) is 2.77. The number of nitrogens with zero attached hydrogens (tertiary/aromatic N) is 1. The highest BCUT2D eigenvalue weighted by Gasteiger charge is 2.25. The molecule has 0 aliphatic carbocycles. The third-order valence-electron chi connectivity index (χ3n) is 2.36. The van der Waals surface area contributed by atoms with Crippen LogP contribution in [0.3, 0.4) is 0 Å². The standard InChI is InChI=1S/C8H14ClNO/c1-6-3-4-10(8(9)11)7(2)5-6/h6-7H,3-5H2,1-2H3/t6-,7-/m1/s1. The van der Waals surface area contributed by atoms with Gasteiger partial charge in [-0.05, 0) is 37.3 Å². The van der Waals surface area contributed by atoms with Gasteiger partial charge in [0.1, 0.15) is 0 Å². The molecule has 0 spiro atoms. The summed E-state index contributed by atoms with van der Waals surface area (Å²) in [4.78, 5) is 12.5. The van der Waals surface area contributed by atoms with Crippen molar-refractivity contribution in [3.63, 3.8) is 0 Å². The predicted octanol–water partition coefficient (Wildman–Crippen LogP) is 2.47. The van der Waals surface area contributed by atoms with E-state index in [0.29, 0.717) is 6.04 Å². The smallest absolute Gasteiger partial charge is 0.316 e. The molecule has 1 aliphatic heterocycles. The second-order valence-electron chi connectivity index (χ2n) is 3.42. The number of halogens is 1. The van der Waals surface area contributed by atoms with Crippen molar-refractivity contribution < 1.29 is 4.79 Å². The van der Waals surface area contributed by atoms with Crippen molar-refractivity contribution in [2.75, 3.05) is 6.54 Å². The second kappa shape index (κ2) is 3.44. The molecule has 0 aromatic carbocycles. The molecular formula is C8H14ClNO. The van der Waals surface area contributed by atoms with Crippen LogP contribution in [0.4, 0.5) is 4.79 Å². The normalized spacial score (nSPS) is 32.1. The number of hydrogen-bond acceptors (Lipinski definition) is 1. The molecule has 0 N–H and O–H groups in total. The SMILES string of the molecule is C[C@@H]1CCN(C(=O)Cl)[C@H](C)C1. The Hall–Kier alpha value is -0.240. The number of amides is 1. The Morgan fingerprint density at radius 1 is 1.55 bits per heavy atom. The van der Waals surface area contributed by atoms with Gasteiger partial charge in [0.2, 0.25) is 0 Å². The average molecular weight is 176 g/mol. The lowest BCUT2D eigenvalue weighted by molar-refractivity contribution is 0.158. The molecule has 3 heteroatoms. The summed E-state index contributed by atoms with van der Waals surface area (Å²) in [6.07, 6.45) is 2.17. The van der Waals surface area contributed by atoms with Crippen molar-refractivity contribution >= 4 is 17.0 Å². The molecule has 1 saturated heterocycles. The molecule has 11 heavy (non-hydrogen) atoms. The first-order valence-corrected chi connectivity index (χ1v) is 4.45. The fourth-order valence-electron chi connectivity index (χ4n) is 1.67. The van der Waals surface area contributed by atoms with E-state index < -0.39 is 0 Å². The number of carbonyl (C=O) groups excluding carboxylic acids is 1. The lowest BCUT2D eigenvalue weighted by Crippen LogP contribution is -2.41. The van der Waals surface area contributed by atoms with E-state index in [2.05, 4.69) is 13.8 Å². The van der Waals surface area contributed by atoms with Crippen LogP contribution in [-0.4, -0.2) is 22.9 Å². The molecule has 1 amide bonds. The molecule has 64 valence electrons. The molecule has 2 nitrogen and oxygen atoms in total. The van der Waals surface area contributed by atoms with Gasteiger partial charge in [0.25, 0.3) is 0 Å². The van der Waals surface area contributed by atoms with Crippen molar-refractivity contribution in [3.05, 3.63) is 0 Å². The molecule has 0 saturated carbocycles. The van der Waals surface area contributed by atoms with Gasteiger partial charge >= 0.3 is 5.37 Å². The molecule has 0 aromatic heterocycles. The molecule has 0 bridgehead atoms. The van der Waals surface area contributed by atoms with Crippen LogP contribution in [0.5, 0.6) is 0 Å². The zero-order chi connectivity index (χ0) is 8.43. The van der Waals surface area contributed by atoms with E-state index in [1.165, 1.54) is 0 Å². The van der Waals surface area contributed by atoms with E-state index in [9.17, 15) is 4.79 Å². The van der Waals surface area contributed by atoms with Gasteiger partial charge in [0, 0.05) is 12.6 Å². The van der Waals surface area contributed by atoms with Crippen molar-refractivity contribution in [2.45, 2.75) is 32.7 Å². The number of rotatable bonds is 0. The summed E-state index contributed by atoms with van der Waals surface area (Å²) in [7, 11) is 0. The number of likely N-dealkylation sites (tertiary alicyclic amines) is 1. The molecule has 1 fully saturated rings. The Balaban J connectivity index is 2.50. The van der Waals surface area contributed by atoms with Crippen LogP contribution in [-0.2, 0) is 0 Å². The lowest BCUT2D eigenvalue weighted by Gasteiger charge is -2.34. The van der Waals surface area contributed by atoms with Crippen molar-refractivity contribution in [1.29, 1.82) is 0 Å². The van der Waals surface area contributed by atoms with Gasteiger partial charge in [0.05, 0.1) is 0 Å². The van der Waals surface area contributed by atoms with E-state index >= 15 is 0 Å². The van der Waals surface area contributed by atoms with Gasteiger partial charge in [-0.1, -0.05) is 6.92 Å². The molecule has 1 rings (SSSR count). The second-order valence-corrected chi connectivity index (χ2v) is 3.75. The average Bonchev–Trinajstić information content (AvgIpc) is 1.85. The molecule has 1 heterocycles. The van der Waals surface area contributed by atoms with Crippen LogP contribution in [0.1, 0.15) is 26.7 Å². The maximum Gasteiger partial charge on any atom is 0.316 e. The minimum Gasteiger partial charge on any atom is -0.327 e. The van der Waals surface area contributed by atoms with E-state index in [1.54, 1.807) is 4.90 Å².